The highest BCUT2D eigenvalue weighted by Gasteiger charge is 2.31. The second-order valence-electron chi connectivity index (χ2n) is 6.13. The van der Waals surface area contributed by atoms with Crippen LogP contribution in [0.25, 0.3) is 10.1 Å². The van der Waals surface area contributed by atoms with Crippen molar-refractivity contribution in [2.45, 2.75) is 31.5 Å². The summed E-state index contributed by atoms with van der Waals surface area (Å²) in [5.74, 6) is 0. The summed E-state index contributed by atoms with van der Waals surface area (Å²) in [5.41, 5.74) is 1.41. The van der Waals surface area contributed by atoms with Gasteiger partial charge in [0.2, 0.25) is 0 Å². The number of morpholine rings is 1. The monoisotopic (exact) mass is 302 g/mol. The zero-order chi connectivity index (χ0) is 14.1. The van der Waals surface area contributed by atoms with E-state index in [4.69, 9.17) is 4.74 Å². The molecule has 2 aromatic rings. The topological polar surface area (TPSA) is 24.5 Å². The maximum atomic E-state index is 6.00. The van der Waals surface area contributed by atoms with Gasteiger partial charge >= 0.3 is 0 Å². The number of hydrogen-bond acceptors (Lipinski definition) is 4. The Hall–Kier alpha value is -0.940. The normalized spacial score (nSPS) is 26.3. The van der Waals surface area contributed by atoms with E-state index in [1.165, 1.54) is 35.0 Å². The molecule has 2 atom stereocenters. The van der Waals surface area contributed by atoms with Gasteiger partial charge in [0.25, 0.3) is 0 Å². The fourth-order valence-corrected chi connectivity index (χ4v) is 4.51. The van der Waals surface area contributed by atoms with E-state index in [0.717, 1.165) is 26.2 Å². The highest BCUT2D eigenvalue weighted by molar-refractivity contribution is 7.17. The minimum absolute atomic E-state index is 0.351. The van der Waals surface area contributed by atoms with Crippen LogP contribution in [0.15, 0.2) is 29.6 Å². The van der Waals surface area contributed by atoms with Gasteiger partial charge in [0.05, 0.1) is 12.7 Å². The molecule has 0 bridgehead atoms. The Bertz CT molecular complexity index is 612. The summed E-state index contributed by atoms with van der Waals surface area (Å²) in [5, 5.41) is 7.25. The number of nitrogens with one attached hydrogen (secondary N) is 1. The molecular weight excluding hydrogens is 280 g/mol. The predicted octanol–water partition coefficient (Wildman–Crippen LogP) is 2.85. The van der Waals surface area contributed by atoms with Crippen LogP contribution in [0.3, 0.4) is 0 Å². The molecule has 2 unspecified atom stereocenters. The van der Waals surface area contributed by atoms with Crippen molar-refractivity contribution < 1.29 is 4.74 Å². The van der Waals surface area contributed by atoms with E-state index in [0.29, 0.717) is 12.1 Å². The molecule has 0 amide bonds. The molecule has 1 aromatic heterocycles. The zero-order valence-electron chi connectivity index (χ0n) is 12.3. The molecule has 2 aliphatic heterocycles. The fourth-order valence-electron chi connectivity index (χ4n) is 3.55. The third-order valence-electron chi connectivity index (χ3n) is 4.71. The standard InChI is InChI=1S/C17H22N2OS/c1-2-6-17-16(5-1)13(12-21-17)8-18-9-15-10-19-7-3-4-14(19)11-20-15/h1-2,5-6,12,14-15,18H,3-4,7-11H2. The van der Waals surface area contributed by atoms with Gasteiger partial charge in [-0.25, -0.2) is 0 Å². The fraction of sp³-hybridized carbons (Fsp3) is 0.529. The molecule has 4 heteroatoms. The van der Waals surface area contributed by atoms with E-state index in [-0.39, 0.29) is 0 Å². The largest absolute Gasteiger partial charge is 0.374 e. The van der Waals surface area contributed by atoms with Gasteiger partial charge in [-0.1, -0.05) is 18.2 Å². The average molecular weight is 302 g/mol. The Morgan fingerprint density at radius 1 is 1.33 bits per heavy atom. The molecule has 4 rings (SSSR count). The van der Waals surface area contributed by atoms with Gasteiger partial charge < -0.3 is 10.1 Å². The van der Waals surface area contributed by atoms with Crippen LogP contribution in [-0.2, 0) is 11.3 Å². The Kier molecular flexibility index (Phi) is 3.95. The molecule has 0 spiro atoms. The van der Waals surface area contributed by atoms with Crippen molar-refractivity contribution in [1.29, 1.82) is 0 Å². The quantitative estimate of drug-likeness (QED) is 0.940. The number of fused-ring (bicyclic) bond motifs is 2. The van der Waals surface area contributed by atoms with Crippen LogP contribution in [0.1, 0.15) is 18.4 Å². The highest BCUT2D eigenvalue weighted by Crippen LogP contribution is 2.25. The molecule has 0 radical (unpaired) electrons. The number of ether oxygens (including phenoxy) is 1. The molecular formula is C17H22N2OS. The van der Waals surface area contributed by atoms with E-state index in [2.05, 4.69) is 39.9 Å². The molecule has 2 fully saturated rings. The van der Waals surface area contributed by atoms with Crippen LogP contribution in [0, 0.1) is 0 Å². The van der Waals surface area contributed by atoms with E-state index in [1.807, 2.05) is 11.3 Å². The van der Waals surface area contributed by atoms with Gasteiger partial charge in [0, 0.05) is 30.4 Å². The van der Waals surface area contributed by atoms with Crippen LogP contribution in [0.5, 0.6) is 0 Å². The summed E-state index contributed by atoms with van der Waals surface area (Å²) in [7, 11) is 0. The van der Waals surface area contributed by atoms with E-state index in [1.54, 1.807) is 0 Å². The SMILES string of the molecule is c1ccc2c(CNCC3CN4CCCC4CO3)csc2c1. The molecule has 2 aliphatic rings. The third kappa shape index (κ3) is 2.86. The van der Waals surface area contributed by atoms with Gasteiger partial charge in [-0.15, -0.1) is 11.3 Å². The van der Waals surface area contributed by atoms with E-state index >= 15 is 0 Å². The lowest BCUT2D eigenvalue weighted by Gasteiger charge is -2.35. The van der Waals surface area contributed by atoms with Crippen LogP contribution >= 0.6 is 11.3 Å². The average Bonchev–Trinajstić information content (AvgIpc) is 3.14. The number of benzene rings is 1. The van der Waals surface area contributed by atoms with E-state index in [9.17, 15) is 0 Å². The molecule has 2 saturated heterocycles. The second kappa shape index (κ2) is 6.05. The van der Waals surface area contributed by atoms with Crippen molar-refractivity contribution in [3.63, 3.8) is 0 Å². The van der Waals surface area contributed by atoms with Gasteiger partial charge in [-0.3, -0.25) is 4.90 Å². The molecule has 1 aromatic carbocycles. The molecule has 1 N–H and O–H groups in total. The first kappa shape index (κ1) is 13.7. The smallest absolute Gasteiger partial charge is 0.0827 e. The van der Waals surface area contributed by atoms with Crippen molar-refractivity contribution in [1.82, 2.24) is 10.2 Å². The summed E-state index contributed by atoms with van der Waals surface area (Å²) in [6, 6.07) is 9.34. The molecule has 3 heterocycles. The van der Waals surface area contributed by atoms with Crippen molar-refractivity contribution in [2.75, 3.05) is 26.2 Å². The summed E-state index contributed by atoms with van der Waals surface area (Å²) < 4.78 is 7.38. The molecule has 0 aliphatic carbocycles. The molecule has 0 saturated carbocycles. The number of rotatable bonds is 4. The number of nitrogens with zero attached hydrogens (tertiary/aromatic N) is 1. The first-order valence-corrected chi connectivity index (χ1v) is 8.79. The Morgan fingerprint density at radius 2 is 2.29 bits per heavy atom. The van der Waals surface area contributed by atoms with Crippen LogP contribution < -0.4 is 5.32 Å². The van der Waals surface area contributed by atoms with Crippen molar-refractivity contribution in [3.8, 4) is 0 Å². The second-order valence-corrected chi connectivity index (χ2v) is 7.05. The summed E-state index contributed by atoms with van der Waals surface area (Å²) in [6.07, 6.45) is 3.01. The number of hydrogen-bond donors (Lipinski definition) is 1. The lowest BCUT2D eigenvalue weighted by molar-refractivity contribution is -0.0470. The maximum absolute atomic E-state index is 6.00. The van der Waals surface area contributed by atoms with Crippen LogP contribution in [-0.4, -0.2) is 43.3 Å². The summed E-state index contributed by atoms with van der Waals surface area (Å²) in [4.78, 5) is 2.61. The van der Waals surface area contributed by atoms with Crippen LogP contribution in [0.4, 0.5) is 0 Å². The van der Waals surface area contributed by atoms with Crippen molar-refractivity contribution in [3.05, 3.63) is 35.2 Å². The van der Waals surface area contributed by atoms with Crippen molar-refractivity contribution in [2.24, 2.45) is 0 Å². The third-order valence-corrected chi connectivity index (χ3v) is 5.72. The Morgan fingerprint density at radius 3 is 3.29 bits per heavy atom. The first-order chi connectivity index (χ1) is 10.4. The molecule has 3 nitrogen and oxygen atoms in total. The number of thiophene rings is 1. The molecule has 21 heavy (non-hydrogen) atoms. The van der Waals surface area contributed by atoms with Crippen LogP contribution in [0.2, 0.25) is 0 Å². The van der Waals surface area contributed by atoms with E-state index < -0.39 is 0 Å². The minimum atomic E-state index is 0.351. The van der Waals surface area contributed by atoms with Gasteiger partial charge in [0.1, 0.15) is 0 Å². The summed E-state index contributed by atoms with van der Waals surface area (Å²) >= 11 is 1.83. The van der Waals surface area contributed by atoms with Crippen molar-refractivity contribution >= 4 is 21.4 Å². The molecule has 112 valence electrons. The first-order valence-electron chi connectivity index (χ1n) is 7.91. The lowest BCUT2D eigenvalue weighted by Crippen LogP contribution is -2.49. The highest BCUT2D eigenvalue weighted by atomic mass is 32.1. The zero-order valence-corrected chi connectivity index (χ0v) is 13.1. The maximum Gasteiger partial charge on any atom is 0.0827 e. The Labute approximate surface area is 129 Å². The van der Waals surface area contributed by atoms with Gasteiger partial charge in [0.15, 0.2) is 0 Å². The van der Waals surface area contributed by atoms with Gasteiger partial charge in [-0.05, 0) is 41.8 Å². The minimum Gasteiger partial charge on any atom is -0.374 e. The Balaban J connectivity index is 1.31. The van der Waals surface area contributed by atoms with Gasteiger partial charge in [-0.2, -0.15) is 0 Å². The summed E-state index contributed by atoms with van der Waals surface area (Å²) in [6.45, 7) is 5.18. The lowest BCUT2D eigenvalue weighted by atomic mass is 10.1. The predicted molar refractivity (Wildman–Crippen MR) is 87.9 cm³/mol.